The molecule has 88 valence electrons. The van der Waals surface area contributed by atoms with Gasteiger partial charge in [-0.05, 0) is 17.3 Å². The number of nitroso groups, excluding NO2 is 1. The lowest BCUT2D eigenvalue weighted by Crippen LogP contribution is -2.00. The highest BCUT2D eigenvalue weighted by atomic mass is 16.3. The molecule has 1 heterocycles. The molecule has 0 aliphatic carbocycles. The summed E-state index contributed by atoms with van der Waals surface area (Å²) in [7, 11) is 0. The summed E-state index contributed by atoms with van der Waals surface area (Å²) in [5.74, 6) is 0. The highest BCUT2D eigenvalue weighted by Crippen LogP contribution is 2.30. The van der Waals surface area contributed by atoms with Crippen LogP contribution < -0.4 is 5.32 Å². The molecular formula is C14H11N3O. The first-order valence-corrected chi connectivity index (χ1v) is 5.70. The molecule has 0 saturated heterocycles. The first kappa shape index (κ1) is 10.7. The monoisotopic (exact) mass is 237 g/mol. The largest absolute Gasteiger partial charge is 0.362 e. The summed E-state index contributed by atoms with van der Waals surface area (Å²) in [4.78, 5) is 14.9. The SMILES string of the molecule is O=NCNc1c2ccccc2nc2ccccc12. The molecular weight excluding hydrogens is 226 g/mol. The highest BCUT2D eigenvalue weighted by molar-refractivity contribution is 6.07. The summed E-state index contributed by atoms with van der Waals surface area (Å²) >= 11 is 0. The van der Waals surface area contributed by atoms with E-state index in [2.05, 4.69) is 15.5 Å². The van der Waals surface area contributed by atoms with Crippen molar-refractivity contribution < 1.29 is 0 Å². The molecule has 0 aliphatic heterocycles. The molecule has 3 aromatic rings. The molecule has 0 aliphatic rings. The van der Waals surface area contributed by atoms with Gasteiger partial charge in [-0.25, -0.2) is 4.98 Å². The average molecular weight is 237 g/mol. The van der Waals surface area contributed by atoms with Crippen molar-refractivity contribution in [1.29, 1.82) is 0 Å². The summed E-state index contributed by atoms with van der Waals surface area (Å²) in [6.07, 6.45) is 0. The van der Waals surface area contributed by atoms with Crippen molar-refractivity contribution in [3.63, 3.8) is 0 Å². The van der Waals surface area contributed by atoms with Gasteiger partial charge in [-0.1, -0.05) is 36.4 Å². The Morgan fingerprint density at radius 2 is 1.50 bits per heavy atom. The van der Waals surface area contributed by atoms with Crippen molar-refractivity contribution in [2.75, 3.05) is 12.0 Å². The fourth-order valence-corrected chi connectivity index (χ4v) is 2.14. The van der Waals surface area contributed by atoms with E-state index in [1.54, 1.807) is 0 Å². The first-order chi connectivity index (χ1) is 8.90. The second kappa shape index (κ2) is 4.41. The third-order valence-corrected chi connectivity index (χ3v) is 2.91. The average Bonchev–Trinajstić information content (AvgIpc) is 2.43. The topological polar surface area (TPSA) is 54.4 Å². The lowest BCUT2D eigenvalue weighted by Gasteiger charge is -2.10. The van der Waals surface area contributed by atoms with Crippen molar-refractivity contribution in [2.45, 2.75) is 0 Å². The van der Waals surface area contributed by atoms with E-state index >= 15 is 0 Å². The number of rotatable bonds is 3. The second-order valence-electron chi connectivity index (χ2n) is 3.99. The number of hydrogen-bond donors (Lipinski definition) is 1. The Labute approximate surface area is 104 Å². The molecule has 0 unspecified atom stereocenters. The summed E-state index contributed by atoms with van der Waals surface area (Å²) in [5.41, 5.74) is 2.73. The molecule has 18 heavy (non-hydrogen) atoms. The van der Waals surface area contributed by atoms with Crippen LogP contribution >= 0.6 is 0 Å². The molecule has 0 bridgehead atoms. The second-order valence-corrected chi connectivity index (χ2v) is 3.99. The zero-order valence-corrected chi connectivity index (χ0v) is 9.63. The van der Waals surface area contributed by atoms with E-state index in [1.165, 1.54) is 0 Å². The minimum atomic E-state index is 0.0536. The van der Waals surface area contributed by atoms with Crippen LogP contribution in [-0.2, 0) is 0 Å². The Kier molecular flexibility index (Phi) is 2.61. The third-order valence-electron chi connectivity index (χ3n) is 2.91. The number of benzene rings is 2. The molecule has 2 aromatic carbocycles. The van der Waals surface area contributed by atoms with Gasteiger partial charge < -0.3 is 5.32 Å². The lowest BCUT2D eigenvalue weighted by atomic mass is 10.1. The number of anilines is 1. The van der Waals surface area contributed by atoms with Crippen LogP contribution in [0.1, 0.15) is 0 Å². The molecule has 0 radical (unpaired) electrons. The van der Waals surface area contributed by atoms with Crippen LogP contribution in [0.5, 0.6) is 0 Å². The molecule has 0 fully saturated rings. The molecule has 1 aromatic heterocycles. The lowest BCUT2D eigenvalue weighted by molar-refractivity contribution is 1.13. The molecule has 4 nitrogen and oxygen atoms in total. The maximum Gasteiger partial charge on any atom is 0.150 e. The number of nitrogens with one attached hydrogen (secondary N) is 1. The Balaban J connectivity index is 2.37. The number of para-hydroxylation sites is 2. The quantitative estimate of drug-likeness (QED) is 0.560. The minimum Gasteiger partial charge on any atom is -0.362 e. The van der Waals surface area contributed by atoms with Crippen molar-refractivity contribution in [2.24, 2.45) is 5.18 Å². The summed E-state index contributed by atoms with van der Waals surface area (Å²) < 4.78 is 0. The van der Waals surface area contributed by atoms with E-state index in [0.29, 0.717) is 0 Å². The zero-order valence-electron chi connectivity index (χ0n) is 9.63. The van der Waals surface area contributed by atoms with Crippen molar-refractivity contribution in [3.05, 3.63) is 53.4 Å². The first-order valence-electron chi connectivity index (χ1n) is 5.70. The predicted molar refractivity (Wildman–Crippen MR) is 73.5 cm³/mol. The number of pyridine rings is 1. The van der Waals surface area contributed by atoms with E-state index < -0.39 is 0 Å². The van der Waals surface area contributed by atoms with E-state index in [0.717, 1.165) is 27.5 Å². The molecule has 0 amide bonds. The van der Waals surface area contributed by atoms with Crippen LogP contribution in [0.25, 0.3) is 21.8 Å². The van der Waals surface area contributed by atoms with Crippen molar-refractivity contribution in [3.8, 4) is 0 Å². The Morgan fingerprint density at radius 1 is 0.944 bits per heavy atom. The van der Waals surface area contributed by atoms with Gasteiger partial charge in [0, 0.05) is 10.8 Å². The number of aromatic nitrogens is 1. The van der Waals surface area contributed by atoms with Gasteiger partial charge in [0.1, 0.15) is 6.67 Å². The van der Waals surface area contributed by atoms with E-state index in [9.17, 15) is 4.91 Å². The van der Waals surface area contributed by atoms with Crippen LogP contribution in [0.2, 0.25) is 0 Å². The number of nitrogens with zero attached hydrogens (tertiary/aromatic N) is 2. The number of fused-ring (bicyclic) bond motifs is 2. The van der Waals surface area contributed by atoms with Gasteiger partial charge in [-0.3, -0.25) is 0 Å². The van der Waals surface area contributed by atoms with Gasteiger partial charge in [0.05, 0.1) is 16.7 Å². The van der Waals surface area contributed by atoms with Crippen LogP contribution in [0.3, 0.4) is 0 Å². The maximum atomic E-state index is 10.3. The molecule has 0 saturated carbocycles. The fourth-order valence-electron chi connectivity index (χ4n) is 2.14. The van der Waals surface area contributed by atoms with Gasteiger partial charge in [0.2, 0.25) is 0 Å². The van der Waals surface area contributed by atoms with Gasteiger partial charge in [0.25, 0.3) is 0 Å². The van der Waals surface area contributed by atoms with E-state index in [-0.39, 0.29) is 6.67 Å². The van der Waals surface area contributed by atoms with Crippen LogP contribution in [0.15, 0.2) is 53.7 Å². The molecule has 3 rings (SSSR count). The van der Waals surface area contributed by atoms with E-state index in [4.69, 9.17) is 0 Å². The summed E-state index contributed by atoms with van der Waals surface area (Å²) in [6.45, 7) is 0.0536. The third kappa shape index (κ3) is 1.68. The Morgan fingerprint density at radius 3 is 2.06 bits per heavy atom. The molecule has 1 N–H and O–H groups in total. The Hall–Kier alpha value is -2.49. The van der Waals surface area contributed by atoms with Crippen LogP contribution in [0, 0.1) is 4.91 Å². The Bertz CT molecular complexity index is 670. The highest BCUT2D eigenvalue weighted by Gasteiger charge is 2.07. The van der Waals surface area contributed by atoms with Crippen LogP contribution in [0.4, 0.5) is 5.69 Å². The minimum absolute atomic E-state index is 0.0536. The normalized spacial score (nSPS) is 10.7. The maximum absolute atomic E-state index is 10.3. The number of hydrogen-bond acceptors (Lipinski definition) is 4. The van der Waals surface area contributed by atoms with Gasteiger partial charge in [0.15, 0.2) is 0 Å². The fraction of sp³-hybridized carbons (Fsp3) is 0.0714. The molecule has 4 heteroatoms. The molecule has 0 spiro atoms. The van der Waals surface area contributed by atoms with Crippen LogP contribution in [-0.4, -0.2) is 11.7 Å². The summed E-state index contributed by atoms with van der Waals surface area (Å²) in [5, 5.41) is 7.92. The smallest absolute Gasteiger partial charge is 0.150 e. The van der Waals surface area contributed by atoms with Gasteiger partial charge >= 0.3 is 0 Å². The van der Waals surface area contributed by atoms with Crippen molar-refractivity contribution in [1.82, 2.24) is 4.98 Å². The van der Waals surface area contributed by atoms with Gasteiger partial charge in [-0.2, -0.15) is 0 Å². The zero-order chi connectivity index (χ0) is 12.4. The van der Waals surface area contributed by atoms with Gasteiger partial charge in [-0.15, -0.1) is 4.91 Å². The van der Waals surface area contributed by atoms with Crippen molar-refractivity contribution >= 4 is 27.5 Å². The predicted octanol–water partition coefficient (Wildman–Crippen LogP) is 3.52. The molecule has 0 atom stereocenters. The summed E-state index contributed by atoms with van der Waals surface area (Å²) in [6, 6.07) is 15.7. The standard InChI is InChI=1S/C14H11N3O/c18-16-9-15-14-10-5-1-3-7-12(10)17-13-8-4-2-6-11(13)14/h1-8H,9H2,(H,15,17). The van der Waals surface area contributed by atoms with E-state index in [1.807, 2.05) is 48.5 Å².